The number of nitrogens with zero attached hydrogens (tertiary/aromatic N) is 4. The predicted molar refractivity (Wildman–Crippen MR) is 116 cm³/mol. The van der Waals surface area contributed by atoms with Crippen LogP contribution in [-0.2, 0) is 4.79 Å². The zero-order valence-corrected chi connectivity index (χ0v) is 16.9. The average molecular weight is 409 g/mol. The van der Waals surface area contributed by atoms with Gasteiger partial charge < -0.3 is 26.6 Å². The molecule has 2 saturated heterocycles. The van der Waals surface area contributed by atoms with Gasteiger partial charge in [0.25, 0.3) is 5.91 Å². The molecule has 0 aliphatic carbocycles. The third-order valence-corrected chi connectivity index (χ3v) is 5.53. The molecular weight excluding hydrogens is 382 g/mol. The smallest absolute Gasteiger partial charge is 0.254 e. The first-order valence-corrected chi connectivity index (χ1v) is 10.4. The van der Waals surface area contributed by atoms with Crippen molar-refractivity contribution in [1.29, 1.82) is 0 Å². The number of rotatable bonds is 5. The van der Waals surface area contributed by atoms with E-state index in [2.05, 4.69) is 15.3 Å². The Morgan fingerprint density at radius 3 is 2.83 bits per heavy atom. The monoisotopic (exact) mass is 409 g/mol. The molecule has 3 heterocycles. The lowest BCUT2D eigenvalue weighted by Gasteiger charge is -2.31. The van der Waals surface area contributed by atoms with Gasteiger partial charge in [0.05, 0.1) is 0 Å². The number of carbonyl (C=O) groups excluding carboxylic acids is 2. The fraction of sp³-hybridized carbons (Fsp3) is 0.429. The number of nitrogens with one attached hydrogen (secondary N) is 1. The molecule has 0 spiro atoms. The lowest BCUT2D eigenvalue weighted by atomic mass is 10.1. The van der Waals surface area contributed by atoms with Crippen molar-refractivity contribution in [2.45, 2.75) is 38.1 Å². The van der Waals surface area contributed by atoms with Gasteiger partial charge in [-0.05, 0) is 43.9 Å². The highest BCUT2D eigenvalue weighted by molar-refractivity contribution is 5.98. The minimum atomic E-state index is -0.609. The molecule has 4 rings (SSSR count). The van der Waals surface area contributed by atoms with Crippen molar-refractivity contribution in [3.05, 3.63) is 36.0 Å². The van der Waals surface area contributed by atoms with Gasteiger partial charge in [-0.1, -0.05) is 6.07 Å². The largest absolute Gasteiger partial charge is 0.365 e. The molecule has 2 aromatic rings. The molecule has 2 fully saturated rings. The molecule has 1 atom stereocenters. The van der Waals surface area contributed by atoms with Gasteiger partial charge in [-0.15, -0.1) is 0 Å². The van der Waals surface area contributed by atoms with Crippen molar-refractivity contribution in [3.63, 3.8) is 0 Å². The lowest BCUT2D eigenvalue weighted by Crippen LogP contribution is -2.43. The molecular formula is C21H27N7O2. The Bertz CT molecular complexity index is 949. The van der Waals surface area contributed by atoms with Crippen molar-refractivity contribution in [2.24, 2.45) is 11.5 Å². The molecule has 1 aromatic carbocycles. The maximum atomic E-state index is 12.3. The van der Waals surface area contributed by atoms with Crippen LogP contribution in [0.1, 0.15) is 42.5 Å². The summed E-state index contributed by atoms with van der Waals surface area (Å²) in [5.41, 5.74) is 13.4. The number of hydrogen-bond acceptors (Lipinski definition) is 7. The van der Waals surface area contributed by atoms with Crippen LogP contribution in [-0.4, -0.2) is 47.5 Å². The second-order valence-corrected chi connectivity index (χ2v) is 7.82. The number of aromatic nitrogens is 2. The maximum Gasteiger partial charge on any atom is 0.254 e. The van der Waals surface area contributed by atoms with Gasteiger partial charge in [-0.3, -0.25) is 9.59 Å². The predicted octanol–water partition coefficient (Wildman–Crippen LogP) is 1.76. The molecule has 158 valence electrons. The topological polar surface area (TPSA) is 130 Å². The standard InChI is InChI=1S/C21H27N7O2/c22-14-5-4-9-27(13-14)21-24-12-17(19(23)30)20(26-21)25-15-6-3-7-16(11-15)28-10-2-1-8-18(28)29/h3,6-7,11-12,14H,1-2,4-5,8-10,13,22H2,(H2,23,30)(H,24,25,26)/t14-/m0/s1. The Hall–Kier alpha value is -3.20. The Morgan fingerprint density at radius 1 is 1.20 bits per heavy atom. The molecule has 9 nitrogen and oxygen atoms in total. The van der Waals surface area contributed by atoms with E-state index in [9.17, 15) is 9.59 Å². The molecule has 2 amide bonds. The van der Waals surface area contributed by atoms with Gasteiger partial charge in [-0.25, -0.2) is 4.98 Å². The van der Waals surface area contributed by atoms with E-state index in [-0.39, 0.29) is 17.5 Å². The highest BCUT2D eigenvalue weighted by atomic mass is 16.2. The molecule has 9 heteroatoms. The second-order valence-electron chi connectivity index (χ2n) is 7.82. The van der Waals surface area contributed by atoms with Gasteiger partial charge in [-0.2, -0.15) is 4.98 Å². The first-order valence-electron chi connectivity index (χ1n) is 10.4. The quantitative estimate of drug-likeness (QED) is 0.686. The molecule has 0 saturated carbocycles. The summed E-state index contributed by atoms with van der Waals surface area (Å²) in [7, 11) is 0. The van der Waals surface area contributed by atoms with Gasteiger partial charge >= 0.3 is 0 Å². The molecule has 0 bridgehead atoms. The minimum Gasteiger partial charge on any atom is -0.365 e. The van der Waals surface area contributed by atoms with Crippen LogP contribution in [0, 0.1) is 0 Å². The summed E-state index contributed by atoms with van der Waals surface area (Å²) in [6, 6.07) is 7.60. The first kappa shape index (κ1) is 20.1. The second kappa shape index (κ2) is 8.66. The van der Waals surface area contributed by atoms with Crippen molar-refractivity contribution >= 4 is 35.0 Å². The van der Waals surface area contributed by atoms with Crippen LogP contribution in [0.2, 0.25) is 0 Å². The number of primary amides is 1. The Labute approximate surface area is 175 Å². The molecule has 0 radical (unpaired) electrons. The Kier molecular flexibility index (Phi) is 5.80. The van der Waals surface area contributed by atoms with Gasteiger partial charge in [0, 0.05) is 49.7 Å². The van der Waals surface area contributed by atoms with Gasteiger partial charge in [0.2, 0.25) is 11.9 Å². The van der Waals surface area contributed by atoms with Crippen LogP contribution in [0.4, 0.5) is 23.1 Å². The number of hydrogen-bond donors (Lipinski definition) is 3. The van der Waals surface area contributed by atoms with Crippen molar-refractivity contribution < 1.29 is 9.59 Å². The molecule has 5 N–H and O–H groups in total. The van der Waals surface area contributed by atoms with E-state index < -0.39 is 5.91 Å². The first-order chi connectivity index (χ1) is 14.5. The summed E-state index contributed by atoms with van der Waals surface area (Å²) in [5.74, 6) is 0.373. The molecule has 2 aliphatic rings. The lowest BCUT2D eigenvalue weighted by molar-refractivity contribution is -0.119. The molecule has 0 unspecified atom stereocenters. The number of piperidine rings is 2. The number of anilines is 4. The summed E-state index contributed by atoms with van der Waals surface area (Å²) in [4.78, 5) is 36.9. The fourth-order valence-electron chi connectivity index (χ4n) is 3.96. The fourth-order valence-corrected chi connectivity index (χ4v) is 3.96. The normalized spacial score (nSPS) is 19.6. The highest BCUT2D eigenvalue weighted by Crippen LogP contribution is 2.27. The summed E-state index contributed by atoms with van der Waals surface area (Å²) >= 11 is 0. The van der Waals surface area contributed by atoms with Crippen LogP contribution in [0.3, 0.4) is 0 Å². The minimum absolute atomic E-state index is 0.0772. The van der Waals surface area contributed by atoms with Crippen LogP contribution in [0.5, 0.6) is 0 Å². The third kappa shape index (κ3) is 4.35. The van der Waals surface area contributed by atoms with Crippen molar-refractivity contribution in [1.82, 2.24) is 9.97 Å². The number of nitrogens with two attached hydrogens (primary N) is 2. The molecule has 2 aliphatic heterocycles. The van der Waals surface area contributed by atoms with Crippen LogP contribution >= 0.6 is 0 Å². The highest BCUT2D eigenvalue weighted by Gasteiger charge is 2.22. The zero-order valence-electron chi connectivity index (χ0n) is 16.9. The number of benzene rings is 1. The molecule has 1 aromatic heterocycles. The third-order valence-electron chi connectivity index (χ3n) is 5.53. The van der Waals surface area contributed by atoms with E-state index in [0.717, 1.165) is 37.9 Å². The van der Waals surface area contributed by atoms with Crippen molar-refractivity contribution in [2.75, 3.05) is 34.8 Å². The Morgan fingerprint density at radius 2 is 2.07 bits per heavy atom. The summed E-state index contributed by atoms with van der Waals surface area (Å²) < 4.78 is 0. The summed E-state index contributed by atoms with van der Waals surface area (Å²) in [5, 5.41) is 3.19. The van der Waals surface area contributed by atoms with E-state index in [1.165, 1.54) is 6.20 Å². The number of amides is 2. The van der Waals surface area contributed by atoms with E-state index >= 15 is 0 Å². The van der Waals surface area contributed by atoms with Crippen LogP contribution in [0.25, 0.3) is 0 Å². The SMILES string of the molecule is NC(=O)c1cnc(N2CCC[C@H](N)C2)nc1Nc1cccc(N2CCCCC2=O)c1. The van der Waals surface area contributed by atoms with E-state index in [0.29, 0.717) is 37.0 Å². The summed E-state index contributed by atoms with van der Waals surface area (Å²) in [6.07, 6.45) is 5.88. The Balaban J connectivity index is 1.61. The molecule has 30 heavy (non-hydrogen) atoms. The van der Waals surface area contributed by atoms with Gasteiger partial charge in [0.15, 0.2) is 0 Å². The average Bonchev–Trinajstić information content (AvgIpc) is 2.74. The van der Waals surface area contributed by atoms with E-state index in [4.69, 9.17) is 11.5 Å². The zero-order chi connectivity index (χ0) is 21.1. The van der Waals surface area contributed by atoms with Crippen LogP contribution in [0.15, 0.2) is 30.5 Å². The van der Waals surface area contributed by atoms with E-state index in [1.807, 2.05) is 29.2 Å². The van der Waals surface area contributed by atoms with Gasteiger partial charge in [0.1, 0.15) is 11.4 Å². The van der Waals surface area contributed by atoms with E-state index in [1.54, 1.807) is 4.90 Å². The number of carbonyl (C=O) groups is 2. The van der Waals surface area contributed by atoms with Crippen molar-refractivity contribution in [3.8, 4) is 0 Å². The maximum absolute atomic E-state index is 12.3. The van der Waals surface area contributed by atoms with Crippen LogP contribution < -0.4 is 26.6 Å². The summed E-state index contributed by atoms with van der Waals surface area (Å²) in [6.45, 7) is 2.19.